The Hall–Kier alpha value is -1.04. The summed E-state index contributed by atoms with van der Waals surface area (Å²) in [6.45, 7) is 12.8. The molecule has 0 nitrogen and oxygen atoms in total. The first kappa shape index (κ1) is 12.0. The summed E-state index contributed by atoms with van der Waals surface area (Å²) in [7, 11) is 0. The molecule has 0 unspecified atom stereocenters. The molecule has 0 spiro atoms. The van der Waals surface area contributed by atoms with Gasteiger partial charge in [0.05, 0.1) is 0 Å². The molecule has 1 aliphatic carbocycles. The van der Waals surface area contributed by atoms with Gasteiger partial charge >= 0.3 is 0 Å². The minimum absolute atomic E-state index is 0.286. The Kier molecular flexibility index (Phi) is 3.73. The van der Waals surface area contributed by atoms with Crippen molar-refractivity contribution in [1.29, 1.82) is 0 Å². The molecule has 82 valence electrons. The Balaban J connectivity index is 0.000000531. The molecule has 1 aliphatic rings. The highest BCUT2D eigenvalue weighted by Gasteiger charge is 2.28. The normalized spacial score (nSPS) is 17.5. The van der Waals surface area contributed by atoms with Crippen LogP contribution in [0, 0.1) is 5.41 Å². The average Bonchev–Trinajstić information content (AvgIpc) is 2.27. The Labute approximate surface area is 94.0 Å². The predicted octanol–water partition coefficient (Wildman–Crippen LogP) is 4.70. The maximum absolute atomic E-state index is 4.21. The first-order chi connectivity index (χ1) is 7.11. The van der Waals surface area contributed by atoms with Crippen molar-refractivity contribution in [3.05, 3.63) is 42.0 Å². The van der Waals surface area contributed by atoms with Gasteiger partial charge in [-0.25, -0.2) is 0 Å². The van der Waals surface area contributed by atoms with E-state index in [0.29, 0.717) is 0 Å². The maximum atomic E-state index is 4.21. The van der Waals surface area contributed by atoms with Crippen LogP contribution in [0.15, 0.2) is 30.8 Å². The van der Waals surface area contributed by atoms with E-state index in [9.17, 15) is 0 Å². The van der Waals surface area contributed by atoms with Gasteiger partial charge in [-0.15, -0.1) is 0 Å². The van der Waals surface area contributed by atoms with E-state index in [1.165, 1.54) is 29.5 Å². The molecule has 0 radical (unpaired) electrons. The smallest absolute Gasteiger partial charge is 0.0100 e. The van der Waals surface area contributed by atoms with Crippen molar-refractivity contribution in [3.8, 4) is 0 Å². The van der Waals surface area contributed by atoms with Crippen LogP contribution in [0.5, 0.6) is 0 Å². The van der Waals surface area contributed by atoms with Crippen molar-refractivity contribution in [2.45, 2.75) is 40.5 Å². The lowest BCUT2D eigenvalue weighted by atomic mass is 9.71. The standard InChI is InChI=1S/C13H16.C2H6/c1-10-12-7-5-4-6-11(12)8-9-13(10,2)3;1-2/h4-7H,1,8-9H2,2-3H3;1-2H3. The average molecular weight is 202 g/mol. The lowest BCUT2D eigenvalue weighted by Gasteiger charge is -2.33. The molecule has 15 heavy (non-hydrogen) atoms. The van der Waals surface area contributed by atoms with Crippen LogP contribution in [0.4, 0.5) is 0 Å². The van der Waals surface area contributed by atoms with Gasteiger partial charge in [0, 0.05) is 0 Å². The van der Waals surface area contributed by atoms with E-state index >= 15 is 0 Å². The van der Waals surface area contributed by atoms with Gasteiger partial charge in [0.15, 0.2) is 0 Å². The summed E-state index contributed by atoms with van der Waals surface area (Å²) in [6, 6.07) is 8.63. The summed E-state index contributed by atoms with van der Waals surface area (Å²) in [5, 5.41) is 0. The summed E-state index contributed by atoms with van der Waals surface area (Å²) >= 11 is 0. The molecule has 0 aliphatic heterocycles. The molecule has 0 fully saturated rings. The van der Waals surface area contributed by atoms with Gasteiger partial charge in [0.2, 0.25) is 0 Å². The molecule has 0 heterocycles. The predicted molar refractivity (Wildman–Crippen MR) is 68.9 cm³/mol. The molecule has 0 saturated carbocycles. The van der Waals surface area contributed by atoms with Gasteiger partial charge in [0.1, 0.15) is 0 Å². The van der Waals surface area contributed by atoms with Gasteiger partial charge < -0.3 is 0 Å². The van der Waals surface area contributed by atoms with Crippen molar-refractivity contribution in [3.63, 3.8) is 0 Å². The topological polar surface area (TPSA) is 0 Å². The second-order valence-corrected chi connectivity index (χ2v) is 4.52. The van der Waals surface area contributed by atoms with E-state index < -0.39 is 0 Å². The maximum Gasteiger partial charge on any atom is -0.0100 e. The molecule has 0 bridgehead atoms. The third kappa shape index (κ3) is 2.31. The molecule has 0 amide bonds. The first-order valence-corrected chi connectivity index (χ1v) is 5.89. The molecule has 0 atom stereocenters. The Morgan fingerprint density at radius 3 is 2.40 bits per heavy atom. The SMILES string of the molecule is C=C1c2ccccc2CCC1(C)C.CC. The largest absolute Gasteiger partial charge is 0.0947 e. The van der Waals surface area contributed by atoms with Gasteiger partial charge in [0.25, 0.3) is 0 Å². The van der Waals surface area contributed by atoms with Crippen molar-refractivity contribution in [2.75, 3.05) is 0 Å². The summed E-state index contributed by atoms with van der Waals surface area (Å²) < 4.78 is 0. The van der Waals surface area contributed by atoms with Gasteiger partial charge in [-0.1, -0.05) is 58.5 Å². The molecule has 1 aromatic carbocycles. The van der Waals surface area contributed by atoms with Crippen LogP contribution in [-0.2, 0) is 6.42 Å². The number of hydrogen-bond acceptors (Lipinski definition) is 0. The molecule has 0 N–H and O–H groups in total. The summed E-state index contributed by atoms with van der Waals surface area (Å²) in [5.74, 6) is 0. The minimum Gasteiger partial charge on any atom is -0.0947 e. The molecule has 0 heteroatoms. The number of hydrogen-bond donors (Lipinski definition) is 0. The second kappa shape index (κ2) is 4.65. The van der Waals surface area contributed by atoms with Gasteiger partial charge in [-0.05, 0) is 35.0 Å². The zero-order valence-electron chi connectivity index (χ0n) is 10.4. The third-order valence-corrected chi connectivity index (χ3v) is 3.18. The fraction of sp³-hybridized carbons (Fsp3) is 0.467. The minimum atomic E-state index is 0.286. The number of benzene rings is 1. The summed E-state index contributed by atoms with van der Waals surface area (Å²) in [6.07, 6.45) is 2.42. The number of fused-ring (bicyclic) bond motifs is 1. The van der Waals surface area contributed by atoms with E-state index in [2.05, 4.69) is 44.7 Å². The van der Waals surface area contributed by atoms with Crippen LogP contribution < -0.4 is 0 Å². The van der Waals surface area contributed by atoms with Crippen molar-refractivity contribution >= 4 is 5.57 Å². The lowest BCUT2D eigenvalue weighted by Crippen LogP contribution is -2.20. The zero-order valence-corrected chi connectivity index (χ0v) is 10.4. The van der Waals surface area contributed by atoms with Crippen LogP contribution >= 0.6 is 0 Å². The Morgan fingerprint density at radius 2 is 1.73 bits per heavy atom. The fourth-order valence-corrected chi connectivity index (χ4v) is 2.00. The molecule has 0 aromatic heterocycles. The highest BCUT2D eigenvalue weighted by Crippen LogP contribution is 2.42. The Bertz CT molecular complexity index is 345. The molecule has 1 aromatic rings. The second-order valence-electron chi connectivity index (χ2n) is 4.52. The Morgan fingerprint density at radius 1 is 1.13 bits per heavy atom. The van der Waals surface area contributed by atoms with Crippen LogP contribution in [0.1, 0.15) is 45.2 Å². The molecule has 2 rings (SSSR count). The van der Waals surface area contributed by atoms with Crippen molar-refractivity contribution in [1.82, 2.24) is 0 Å². The molecular formula is C15H22. The van der Waals surface area contributed by atoms with Gasteiger partial charge in [-0.3, -0.25) is 0 Å². The van der Waals surface area contributed by atoms with E-state index in [1.807, 2.05) is 13.8 Å². The van der Waals surface area contributed by atoms with Gasteiger partial charge in [-0.2, -0.15) is 0 Å². The molecular weight excluding hydrogens is 180 g/mol. The van der Waals surface area contributed by atoms with Crippen molar-refractivity contribution in [2.24, 2.45) is 5.41 Å². The van der Waals surface area contributed by atoms with Crippen LogP contribution in [0.3, 0.4) is 0 Å². The van der Waals surface area contributed by atoms with E-state index in [0.717, 1.165) is 0 Å². The van der Waals surface area contributed by atoms with Crippen LogP contribution in [0.2, 0.25) is 0 Å². The summed E-state index contributed by atoms with van der Waals surface area (Å²) in [5.41, 5.74) is 4.42. The quantitative estimate of drug-likeness (QED) is 0.572. The highest BCUT2D eigenvalue weighted by atomic mass is 14.3. The molecule has 0 saturated heterocycles. The van der Waals surface area contributed by atoms with E-state index in [4.69, 9.17) is 0 Å². The number of allylic oxidation sites excluding steroid dienone is 1. The van der Waals surface area contributed by atoms with Crippen molar-refractivity contribution < 1.29 is 0 Å². The van der Waals surface area contributed by atoms with Crippen LogP contribution in [0.25, 0.3) is 5.57 Å². The summed E-state index contributed by atoms with van der Waals surface area (Å²) in [4.78, 5) is 0. The fourth-order valence-electron chi connectivity index (χ4n) is 2.00. The van der Waals surface area contributed by atoms with Crippen LogP contribution in [-0.4, -0.2) is 0 Å². The van der Waals surface area contributed by atoms with E-state index in [1.54, 1.807) is 0 Å². The first-order valence-electron chi connectivity index (χ1n) is 5.89. The zero-order chi connectivity index (χ0) is 11.5. The number of rotatable bonds is 0. The van der Waals surface area contributed by atoms with E-state index in [-0.39, 0.29) is 5.41 Å². The highest BCUT2D eigenvalue weighted by molar-refractivity contribution is 5.71. The lowest BCUT2D eigenvalue weighted by molar-refractivity contribution is 0.444. The number of aryl methyl sites for hydroxylation is 1. The third-order valence-electron chi connectivity index (χ3n) is 3.18. The monoisotopic (exact) mass is 202 g/mol.